The highest BCUT2D eigenvalue weighted by Crippen LogP contribution is 2.35. The van der Waals surface area contributed by atoms with E-state index < -0.39 is 172 Å². The first-order valence-electron chi connectivity index (χ1n) is 19.8. The molecule has 3 heterocycles. The fraction of sp³-hybridized carbons (Fsp3) is 0.744. The summed E-state index contributed by atoms with van der Waals surface area (Å²) in [5.74, 6) is -9.09. The summed E-state index contributed by atoms with van der Waals surface area (Å²) >= 11 is 0. The molecule has 0 amide bonds. The van der Waals surface area contributed by atoms with Crippen molar-refractivity contribution < 1.29 is 124 Å². The molecule has 0 N–H and O–H groups in total. The largest absolute Gasteiger partial charge is 0.463 e. The number of hydrogen-bond acceptors (Lipinski definition) is 26. The molecule has 26 heteroatoms. The number of carbonyl (C=O) groups excluding carboxylic acids is 10. The fourth-order valence-corrected chi connectivity index (χ4v) is 7.00. The molecule has 0 aromatic rings. The zero-order chi connectivity index (χ0) is 48.9. The Bertz CT molecular complexity index is 1750. The monoisotopic (exact) mass is 938 g/mol. The summed E-state index contributed by atoms with van der Waals surface area (Å²) in [5, 5.41) is 0. The molecule has 0 aromatic heterocycles. The molecule has 0 aromatic carbocycles. The molecule has 65 heavy (non-hydrogen) atoms. The minimum atomic E-state index is -1.83. The van der Waals surface area contributed by atoms with Crippen molar-refractivity contribution in [2.45, 2.75) is 161 Å². The lowest BCUT2D eigenvalue weighted by Gasteiger charge is -2.47. The highest BCUT2D eigenvalue weighted by molar-refractivity contribution is 5.70. The molecular weight excluding hydrogens is 884 g/mol. The van der Waals surface area contributed by atoms with Crippen molar-refractivity contribution in [1.29, 1.82) is 0 Å². The van der Waals surface area contributed by atoms with Gasteiger partial charge in [-0.25, -0.2) is 0 Å². The van der Waals surface area contributed by atoms with Gasteiger partial charge < -0.3 is 75.8 Å². The van der Waals surface area contributed by atoms with Crippen LogP contribution in [0.1, 0.15) is 69.2 Å². The van der Waals surface area contributed by atoms with Crippen molar-refractivity contribution in [3.05, 3.63) is 0 Å². The molecule has 3 saturated heterocycles. The standard InChI is InChI=1S/C39H54O26/c1-15(40)51-12-25-28(54-16(2)41)32(58-20(6)45)35(61-23(9)48)38(64-25)53-14-27-30(56-18(4)43)33(59-21(7)46)36(62-24(10)49)39(65-27)52-13-26-29(55-17(3)42)31(57-19(5)44)34(60-22(8)47)37(50-11)63-26/h25-39H,12-14H2,1-11H3/t25-,26-,27-,28-,29-,30-,31+,32+,33+,34-,35-,36-,37+,38-,39-/m1/s1. The van der Waals surface area contributed by atoms with E-state index in [0.717, 1.165) is 69.2 Å². The Hall–Kier alpha value is -5.54. The summed E-state index contributed by atoms with van der Waals surface area (Å²) < 4.78 is 89.9. The van der Waals surface area contributed by atoms with Crippen LogP contribution >= 0.6 is 0 Å². The van der Waals surface area contributed by atoms with Gasteiger partial charge in [-0.1, -0.05) is 0 Å². The molecule has 0 aliphatic carbocycles. The first kappa shape index (κ1) is 53.8. The molecule has 3 aliphatic rings. The van der Waals surface area contributed by atoms with Crippen LogP contribution in [0.5, 0.6) is 0 Å². The van der Waals surface area contributed by atoms with Crippen LogP contribution in [-0.2, 0) is 124 Å². The van der Waals surface area contributed by atoms with Gasteiger partial charge in [0.25, 0.3) is 0 Å². The maximum Gasteiger partial charge on any atom is 0.303 e. The molecule has 3 fully saturated rings. The Labute approximate surface area is 371 Å². The highest BCUT2D eigenvalue weighted by atomic mass is 16.8. The van der Waals surface area contributed by atoms with E-state index in [-0.39, 0.29) is 0 Å². The van der Waals surface area contributed by atoms with Crippen molar-refractivity contribution in [3.8, 4) is 0 Å². The first-order chi connectivity index (χ1) is 30.4. The summed E-state index contributed by atoms with van der Waals surface area (Å²) in [4.78, 5) is 123. The second-order valence-electron chi connectivity index (χ2n) is 14.5. The molecule has 0 unspecified atom stereocenters. The molecular formula is C39H54O26. The van der Waals surface area contributed by atoms with E-state index in [1.807, 2.05) is 0 Å². The molecule has 0 radical (unpaired) electrons. The van der Waals surface area contributed by atoms with Gasteiger partial charge in [0.05, 0.1) is 13.2 Å². The SMILES string of the molecule is CO[C@H]1O[C@H](CO[C@@H]2O[C@H](CO[C@@H]3O[C@H](COC(C)=O)[C@@H](OC(C)=O)[C@H](OC(C)=O)[C@H]3OC(C)=O)[C@@H](OC(C)=O)[C@H](OC(C)=O)[C@H]2OC(C)=O)[C@@H](OC(C)=O)[C@H](OC(C)=O)[C@H]1OC(C)=O. The molecule has 0 saturated carbocycles. The number of methoxy groups -OCH3 is 1. The Kier molecular flexibility index (Phi) is 20.4. The zero-order valence-electron chi connectivity index (χ0n) is 37.4. The fourth-order valence-electron chi connectivity index (χ4n) is 7.00. The molecule has 3 aliphatic heterocycles. The Balaban J connectivity index is 2.12. The summed E-state index contributed by atoms with van der Waals surface area (Å²) in [6.45, 7) is 8.11. The predicted octanol–water partition coefficient (Wildman–Crippen LogP) is -1.21. The van der Waals surface area contributed by atoms with Gasteiger partial charge in [-0.05, 0) is 0 Å². The van der Waals surface area contributed by atoms with Crippen molar-refractivity contribution in [2.75, 3.05) is 26.9 Å². The number of esters is 10. The van der Waals surface area contributed by atoms with Gasteiger partial charge in [-0.3, -0.25) is 47.9 Å². The molecule has 0 spiro atoms. The van der Waals surface area contributed by atoms with Gasteiger partial charge in [0.15, 0.2) is 73.8 Å². The van der Waals surface area contributed by atoms with Crippen LogP contribution in [-0.4, -0.2) is 179 Å². The number of hydrogen-bond donors (Lipinski definition) is 0. The van der Waals surface area contributed by atoms with E-state index in [0.29, 0.717) is 0 Å². The maximum atomic E-state index is 12.6. The summed E-state index contributed by atoms with van der Waals surface area (Å²) in [5.41, 5.74) is 0. The van der Waals surface area contributed by atoms with Gasteiger partial charge in [0.1, 0.15) is 24.9 Å². The van der Waals surface area contributed by atoms with Crippen molar-refractivity contribution in [1.82, 2.24) is 0 Å². The van der Waals surface area contributed by atoms with Gasteiger partial charge in [-0.15, -0.1) is 0 Å². The van der Waals surface area contributed by atoms with Crippen molar-refractivity contribution in [3.63, 3.8) is 0 Å². The van der Waals surface area contributed by atoms with Crippen LogP contribution in [0.25, 0.3) is 0 Å². The summed E-state index contributed by atoms with van der Waals surface area (Å²) in [6.07, 6.45) is -24.3. The van der Waals surface area contributed by atoms with Gasteiger partial charge >= 0.3 is 59.7 Å². The van der Waals surface area contributed by atoms with Crippen molar-refractivity contribution >= 4 is 59.7 Å². The van der Waals surface area contributed by atoms with E-state index in [1.54, 1.807) is 0 Å². The number of carbonyl (C=O) groups is 10. The first-order valence-corrected chi connectivity index (χ1v) is 19.8. The summed E-state index contributed by atoms with van der Waals surface area (Å²) in [6, 6.07) is 0. The highest BCUT2D eigenvalue weighted by Gasteiger charge is 2.57. The van der Waals surface area contributed by atoms with Crippen LogP contribution in [0.4, 0.5) is 0 Å². The lowest BCUT2D eigenvalue weighted by atomic mass is 9.96. The maximum absolute atomic E-state index is 12.6. The number of ether oxygens (including phenoxy) is 16. The Morgan fingerprint density at radius 3 is 0.800 bits per heavy atom. The quantitative estimate of drug-likeness (QED) is 0.115. The molecule has 15 atom stereocenters. The minimum Gasteiger partial charge on any atom is -0.463 e. The topological polar surface area (TPSA) is 318 Å². The Morgan fingerprint density at radius 1 is 0.308 bits per heavy atom. The third-order valence-corrected chi connectivity index (χ3v) is 9.02. The molecule has 366 valence electrons. The van der Waals surface area contributed by atoms with Gasteiger partial charge in [0, 0.05) is 76.3 Å². The lowest BCUT2D eigenvalue weighted by molar-refractivity contribution is -0.344. The zero-order valence-corrected chi connectivity index (χ0v) is 37.4. The minimum absolute atomic E-state index is 0.607. The average molecular weight is 939 g/mol. The summed E-state index contributed by atoms with van der Waals surface area (Å²) in [7, 11) is 1.17. The van der Waals surface area contributed by atoms with Crippen LogP contribution in [0.3, 0.4) is 0 Å². The number of rotatable bonds is 18. The van der Waals surface area contributed by atoms with E-state index >= 15 is 0 Å². The second-order valence-corrected chi connectivity index (χ2v) is 14.5. The van der Waals surface area contributed by atoms with E-state index in [2.05, 4.69) is 0 Å². The van der Waals surface area contributed by atoms with Gasteiger partial charge in [-0.2, -0.15) is 0 Å². The Morgan fingerprint density at radius 2 is 0.538 bits per heavy atom. The van der Waals surface area contributed by atoms with Crippen LogP contribution in [0, 0.1) is 0 Å². The average Bonchev–Trinajstić information content (AvgIpc) is 3.16. The third-order valence-electron chi connectivity index (χ3n) is 9.02. The molecule has 0 bridgehead atoms. The molecule has 3 rings (SSSR count). The smallest absolute Gasteiger partial charge is 0.303 e. The predicted molar refractivity (Wildman–Crippen MR) is 202 cm³/mol. The van der Waals surface area contributed by atoms with E-state index in [4.69, 9.17) is 75.8 Å². The van der Waals surface area contributed by atoms with Crippen LogP contribution < -0.4 is 0 Å². The third kappa shape index (κ3) is 16.1. The van der Waals surface area contributed by atoms with E-state index in [9.17, 15) is 47.9 Å². The lowest BCUT2D eigenvalue weighted by Crippen LogP contribution is -2.65. The van der Waals surface area contributed by atoms with Crippen molar-refractivity contribution in [2.24, 2.45) is 0 Å². The van der Waals surface area contributed by atoms with Crippen LogP contribution in [0.15, 0.2) is 0 Å². The van der Waals surface area contributed by atoms with Gasteiger partial charge in [0.2, 0.25) is 0 Å². The van der Waals surface area contributed by atoms with E-state index in [1.165, 1.54) is 7.11 Å². The second kappa shape index (κ2) is 24.7. The normalized spacial score (nSPS) is 32.0. The van der Waals surface area contributed by atoms with Crippen LogP contribution in [0.2, 0.25) is 0 Å². The molecule has 26 nitrogen and oxygen atoms in total.